The van der Waals surface area contributed by atoms with Crippen molar-refractivity contribution in [3.63, 3.8) is 0 Å². The second-order valence-corrected chi connectivity index (χ2v) is 5.23. The van der Waals surface area contributed by atoms with Crippen LogP contribution in [0.1, 0.15) is 32.1 Å². The Balaban J connectivity index is 1.66. The summed E-state index contributed by atoms with van der Waals surface area (Å²) in [5.41, 5.74) is -0.404. The molecule has 0 spiro atoms. The Kier molecular flexibility index (Phi) is 6.06. The third-order valence-corrected chi connectivity index (χ3v) is 3.55. The summed E-state index contributed by atoms with van der Waals surface area (Å²) < 4.78 is 44.7. The summed E-state index contributed by atoms with van der Waals surface area (Å²) in [4.78, 5) is 11.5. The van der Waals surface area contributed by atoms with E-state index in [2.05, 4.69) is 10.6 Å². The Bertz CT molecular complexity index is 520. The fourth-order valence-corrected chi connectivity index (χ4v) is 2.37. The summed E-state index contributed by atoms with van der Waals surface area (Å²) in [6.07, 6.45) is 5.53. The van der Waals surface area contributed by atoms with Crippen molar-refractivity contribution < 1.29 is 22.7 Å². The molecule has 0 radical (unpaired) electrons. The SMILES string of the molecule is O=C(NCCCOC1CCCC1)Nc1ccc(F)c(F)c1F. The second-order valence-electron chi connectivity index (χ2n) is 5.23. The molecule has 0 heterocycles. The molecule has 1 aromatic rings. The molecule has 0 atom stereocenters. The number of halogens is 3. The van der Waals surface area contributed by atoms with Crippen molar-refractivity contribution in [3.05, 3.63) is 29.6 Å². The highest BCUT2D eigenvalue weighted by Gasteiger charge is 2.16. The summed E-state index contributed by atoms with van der Waals surface area (Å²) in [7, 11) is 0. The Morgan fingerprint density at radius 3 is 2.64 bits per heavy atom. The Hall–Kier alpha value is -1.76. The van der Waals surface area contributed by atoms with Crippen molar-refractivity contribution in [2.24, 2.45) is 0 Å². The van der Waals surface area contributed by atoms with Gasteiger partial charge in [-0.3, -0.25) is 0 Å². The molecule has 1 aliphatic carbocycles. The molecule has 0 bridgehead atoms. The van der Waals surface area contributed by atoms with Crippen LogP contribution in [0.2, 0.25) is 0 Å². The molecule has 0 saturated heterocycles. The van der Waals surface area contributed by atoms with Crippen LogP contribution in [0.4, 0.5) is 23.7 Å². The van der Waals surface area contributed by atoms with E-state index < -0.39 is 29.2 Å². The molecule has 0 unspecified atom stereocenters. The highest BCUT2D eigenvalue weighted by molar-refractivity contribution is 5.89. The minimum Gasteiger partial charge on any atom is -0.378 e. The first-order valence-electron chi connectivity index (χ1n) is 7.38. The van der Waals surface area contributed by atoms with E-state index in [4.69, 9.17) is 4.74 Å². The van der Waals surface area contributed by atoms with Gasteiger partial charge in [0.1, 0.15) is 0 Å². The van der Waals surface area contributed by atoms with Gasteiger partial charge in [0.15, 0.2) is 17.5 Å². The topological polar surface area (TPSA) is 50.4 Å². The van der Waals surface area contributed by atoms with E-state index in [0.29, 0.717) is 25.7 Å². The average molecular weight is 316 g/mol. The molecule has 1 saturated carbocycles. The quantitative estimate of drug-likeness (QED) is 0.622. The van der Waals surface area contributed by atoms with E-state index in [1.807, 2.05) is 0 Å². The van der Waals surface area contributed by atoms with Crippen LogP contribution in [-0.4, -0.2) is 25.3 Å². The zero-order valence-electron chi connectivity index (χ0n) is 12.1. The van der Waals surface area contributed by atoms with Gasteiger partial charge in [0.05, 0.1) is 11.8 Å². The monoisotopic (exact) mass is 316 g/mol. The van der Waals surface area contributed by atoms with Gasteiger partial charge in [0, 0.05) is 13.2 Å². The lowest BCUT2D eigenvalue weighted by Crippen LogP contribution is -2.30. The van der Waals surface area contributed by atoms with Gasteiger partial charge in [-0.1, -0.05) is 12.8 Å². The molecule has 0 aliphatic heterocycles. The lowest BCUT2D eigenvalue weighted by Gasteiger charge is -2.12. The lowest BCUT2D eigenvalue weighted by molar-refractivity contribution is 0.0572. The minimum atomic E-state index is -1.61. The predicted molar refractivity (Wildman–Crippen MR) is 76.2 cm³/mol. The fourth-order valence-electron chi connectivity index (χ4n) is 2.37. The first kappa shape index (κ1) is 16.6. The fraction of sp³-hybridized carbons (Fsp3) is 0.533. The number of benzene rings is 1. The summed E-state index contributed by atoms with van der Waals surface area (Å²) in [5.74, 6) is -4.32. The maximum atomic E-state index is 13.4. The molecular weight excluding hydrogens is 297 g/mol. The Morgan fingerprint density at radius 1 is 1.18 bits per heavy atom. The number of hydrogen-bond acceptors (Lipinski definition) is 2. The van der Waals surface area contributed by atoms with Gasteiger partial charge >= 0.3 is 6.03 Å². The summed E-state index contributed by atoms with van der Waals surface area (Å²) in [5, 5.41) is 4.64. The smallest absolute Gasteiger partial charge is 0.319 e. The van der Waals surface area contributed by atoms with E-state index in [1.54, 1.807) is 0 Å². The number of carbonyl (C=O) groups excluding carboxylic acids is 1. The van der Waals surface area contributed by atoms with Gasteiger partial charge in [-0.2, -0.15) is 0 Å². The van der Waals surface area contributed by atoms with Gasteiger partial charge in [0.25, 0.3) is 0 Å². The van der Waals surface area contributed by atoms with Crippen LogP contribution in [0.3, 0.4) is 0 Å². The highest BCUT2D eigenvalue weighted by atomic mass is 19.2. The van der Waals surface area contributed by atoms with Crippen molar-refractivity contribution in [2.45, 2.75) is 38.2 Å². The van der Waals surface area contributed by atoms with Gasteiger partial charge in [0.2, 0.25) is 0 Å². The lowest BCUT2D eigenvalue weighted by atomic mass is 10.3. The van der Waals surface area contributed by atoms with Gasteiger partial charge in [-0.25, -0.2) is 18.0 Å². The van der Waals surface area contributed by atoms with Crippen LogP contribution in [0.15, 0.2) is 12.1 Å². The zero-order valence-corrected chi connectivity index (χ0v) is 12.1. The van der Waals surface area contributed by atoms with Crippen molar-refractivity contribution in [1.82, 2.24) is 5.32 Å². The van der Waals surface area contributed by atoms with E-state index >= 15 is 0 Å². The molecule has 122 valence electrons. The minimum absolute atomic E-state index is 0.324. The van der Waals surface area contributed by atoms with Crippen LogP contribution < -0.4 is 10.6 Å². The van der Waals surface area contributed by atoms with E-state index in [1.165, 1.54) is 12.8 Å². The number of ether oxygens (including phenoxy) is 1. The van der Waals surface area contributed by atoms with Crippen LogP contribution in [-0.2, 0) is 4.74 Å². The van der Waals surface area contributed by atoms with E-state index in [9.17, 15) is 18.0 Å². The highest BCUT2D eigenvalue weighted by Crippen LogP contribution is 2.21. The van der Waals surface area contributed by atoms with Crippen molar-refractivity contribution in [3.8, 4) is 0 Å². The van der Waals surface area contributed by atoms with Crippen molar-refractivity contribution in [1.29, 1.82) is 0 Å². The third-order valence-electron chi connectivity index (χ3n) is 3.55. The van der Waals surface area contributed by atoms with Crippen LogP contribution in [0.25, 0.3) is 0 Å². The van der Waals surface area contributed by atoms with Gasteiger partial charge < -0.3 is 15.4 Å². The molecule has 4 nitrogen and oxygen atoms in total. The number of hydrogen-bond donors (Lipinski definition) is 2. The first-order chi connectivity index (χ1) is 10.6. The maximum Gasteiger partial charge on any atom is 0.319 e. The summed E-state index contributed by atoms with van der Waals surface area (Å²) in [6, 6.07) is 1.05. The number of nitrogens with one attached hydrogen (secondary N) is 2. The predicted octanol–water partition coefficient (Wildman–Crippen LogP) is 3.57. The standard InChI is InChI=1S/C15H19F3N2O2/c16-11-6-7-12(14(18)13(11)17)20-15(21)19-8-3-9-22-10-4-1-2-5-10/h6-7,10H,1-5,8-9H2,(H2,19,20,21). The second kappa shape index (κ2) is 8.03. The number of amides is 2. The van der Waals surface area contributed by atoms with Crippen LogP contribution >= 0.6 is 0 Å². The van der Waals surface area contributed by atoms with Crippen molar-refractivity contribution >= 4 is 11.7 Å². The largest absolute Gasteiger partial charge is 0.378 e. The summed E-state index contributed by atoms with van der Waals surface area (Å²) in [6.45, 7) is 0.897. The molecule has 7 heteroatoms. The number of carbonyl (C=O) groups is 1. The third kappa shape index (κ3) is 4.62. The van der Waals surface area contributed by atoms with Gasteiger partial charge in [-0.15, -0.1) is 0 Å². The molecule has 1 aliphatic rings. The molecule has 1 fully saturated rings. The average Bonchev–Trinajstić information content (AvgIpc) is 3.01. The summed E-state index contributed by atoms with van der Waals surface area (Å²) >= 11 is 0. The molecular formula is C15H19F3N2O2. The Labute approximate surface area is 127 Å². The van der Waals surface area contributed by atoms with Crippen molar-refractivity contribution in [2.75, 3.05) is 18.5 Å². The first-order valence-corrected chi connectivity index (χ1v) is 7.38. The molecule has 2 amide bonds. The number of rotatable bonds is 6. The Morgan fingerprint density at radius 2 is 1.91 bits per heavy atom. The maximum absolute atomic E-state index is 13.4. The zero-order chi connectivity index (χ0) is 15.9. The molecule has 0 aromatic heterocycles. The van der Waals surface area contributed by atoms with Crippen LogP contribution in [0.5, 0.6) is 0 Å². The van der Waals surface area contributed by atoms with E-state index in [0.717, 1.165) is 25.0 Å². The molecule has 2 rings (SSSR count). The van der Waals surface area contributed by atoms with Gasteiger partial charge in [-0.05, 0) is 31.4 Å². The number of anilines is 1. The number of urea groups is 1. The molecule has 2 N–H and O–H groups in total. The van der Waals surface area contributed by atoms with E-state index in [-0.39, 0.29) is 0 Å². The normalized spacial score (nSPS) is 15.0. The molecule has 22 heavy (non-hydrogen) atoms. The molecule has 1 aromatic carbocycles. The van der Waals surface area contributed by atoms with Crippen LogP contribution in [0, 0.1) is 17.5 Å².